The molecule has 1 N–H and O–H groups in total. The van der Waals surface area contributed by atoms with E-state index in [1.165, 1.54) is 4.90 Å². The summed E-state index contributed by atoms with van der Waals surface area (Å²) in [5.74, 6) is 0.461. The number of carbonyl (C=O) groups excluding carboxylic acids is 2. The van der Waals surface area contributed by atoms with Crippen LogP contribution in [-0.2, 0) is 4.79 Å². The van der Waals surface area contributed by atoms with Gasteiger partial charge in [-0.15, -0.1) is 0 Å². The van der Waals surface area contributed by atoms with Gasteiger partial charge in [0.2, 0.25) is 5.91 Å². The van der Waals surface area contributed by atoms with Crippen molar-refractivity contribution in [1.82, 2.24) is 10.3 Å². The second-order valence-corrected chi connectivity index (χ2v) is 5.87. The minimum Gasteiger partial charge on any atom is -0.326 e. The van der Waals surface area contributed by atoms with E-state index in [0.29, 0.717) is 18.8 Å². The molecule has 24 heavy (non-hydrogen) atoms. The van der Waals surface area contributed by atoms with Gasteiger partial charge in [0.05, 0.1) is 0 Å². The van der Waals surface area contributed by atoms with Crippen LogP contribution in [0.25, 0.3) is 0 Å². The van der Waals surface area contributed by atoms with Gasteiger partial charge < -0.3 is 10.2 Å². The second-order valence-electron chi connectivity index (χ2n) is 5.87. The molecule has 1 atom stereocenters. The zero-order chi connectivity index (χ0) is 17.1. The molecule has 6 nitrogen and oxygen atoms in total. The van der Waals surface area contributed by atoms with E-state index in [2.05, 4.69) is 10.3 Å². The molecule has 3 amide bonds. The molecule has 3 rings (SSSR count). The molecule has 0 radical (unpaired) electrons. The van der Waals surface area contributed by atoms with Gasteiger partial charge in [0.25, 0.3) is 0 Å². The van der Waals surface area contributed by atoms with E-state index in [0.717, 1.165) is 11.3 Å². The molecule has 0 saturated carbocycles. The van der Waals surface area contributed by atoms with Gasteiger partial charge in [-0.05, 0) is 37.1 Å². The van der Waals surface area contributed by atoms with E-state index in [4.69, 9.17) is 0 Å². The van der Waals surface area contributed by atoms with Gasteiger partial charge in [-0.2, -0.15) is 0 Å². The molecular weight excluding hydrogens is 304 g/mol. The maximum absolute atomic E-state index is 12.5. The number of para-hydroxylation sites is 1. The van der Waals surface area contributed by atoms with Crippen LogP contribution in [0.5, 0.6) is 0 Å². The van der Waals surface area contributed by atoms with Crippen molar-refractivity contribution in [3.63, 3.8) is 0 Å². The Labute approximate surface area is 141 Å². The Morgan fingerprint density at radius 3 is 2.67 bits per heavy atom. The van der Waals surface area contributed by atoms with Crippen molar-refractivity contribution < 1.29 is 9.59 Å². The van der Waals surface area contributed by atoms with Crippen LogP contribution in [0.15, 0.2) is 48.7 Å². The SMILES string of the molecule is Cc1ccc(N(C)C(=O)NC2CCN(c3ccccc3)C2=O)nc1. The third-order valence-electron chi connectivity index (χ3n) is 4.12. The number of hydrogen-bond acceptors (Lipinski definition) is 3. The third kappa shape index (κ3) is 3.22. The largest absolute Gasteiger partial charge is 0.326 e. The van der Waals surface area contributed by atoms with E-state index < -0.39 is 6.04 Å². The number of benzene rings is 1. The van der Waals surface area contributed by atoms with Crippen LogP contribution in [0.4, 0.5) is 16.3 Å². The summed E-state index contributed by atoms with van der Waals surface area (Å²) in [6.45, 7) is 2.53. The average molecular weight is 324 g/mol. The van der Waals surface area contributed by atoms with Crippen LogP contribution in [0.1, 0.15) is 12.0 Å². The molecule has 6 heteroatoms. The van der Waals surface area contributed by atoms with Crippen LogP contribution in [-0.4, -0.2) is 36.6 Å². The summed E-state index contributed by atoms with van der Waals surface area (Å²) >= 11 is 0. The fourth-order valence-corrected chi connectivity index (χ4v) is 2.69. The van der Waals surface area contributed by atoms with Crippen LogP contribution in [0.3, 0.4) is 0 Å². The summed E-state index contributed by atoms with van der Waals surface area (Å²) in [5.41, 5.74) is 1.88. The third-order valence-corrected chi connectivity index (χ3v) is 4.12. The maximum Gasteiger partial charge on any atom is 0.323 e. The van der Waals surface area contributed by atoms with Crippen molar-refractivity contribution in [2.75, 3.05) is 23.4 Å². The van der Waals surface area contributed by atoms with Crippen molar-refractivity contribution in [1.29, 1.82) is 0 Å². The molecule has 1 unspecified atom stereocenters. The highest BCUT2D eigenvalue weighted by molar-refractivity contribution is 6.02. The molecule has 124 valence electrons. The number of aryl methyl sites for hydroxylation is 1. The molecule has 0 aliphatic carbocycles. The standard InChI is InChI=1S/C18H20N4O2/c1-13-8-9-16(19-12-13)21(2)18(24)20-15-10-11-22(17(15)23)14-6-4-3-5-7-14/h3-9,12,15H,10-11H2,1-2H3,(H,20,24). The number of nitrogens with zero attached hydrogens (tertiary/aromatic N) is 3. The van der Waals surface area contributed by atoms with Crippen molar-refractivity contribution >= 4 is 23.4 Å². The molecule has 1 aromatic carbocycles. The van der Waals surface area contributed by atoms with Crippen LogP contribution in [0.2, 0.25) is 0 Å². The quantitative estimate of drug-likeness (QED) is 0.942. The van der Waals surface area contributed by atoms with Gasteiger partial charge in [-0.3, -0.25) is 9.69 Å². The Bertz CT molecular complexity index is 730. The summed E-state index contributed by atoms with van der Waals surface area (Å²) in [5, 5.41) is 2.80. The van der Waals surface area contributed by atoms with E-state index >= 15 is 0 Å². The highest BCUT2D eigenvalue weighted by Gasteiger charge is 2.34. The summed E-state index contributed by atoms with van der Waals surface area (Å²) in [7, 11) is 1.64. The van der Waals surface area contributed by atoms with E-state index in [1.54, 1.807) is 24.2 Å². The number of carbonyl (C=O) groups is 2. The van der Waals surface area contributed by atoms with Crippen molar-refractivity contribution in [3.05, 3.63) is 54.2 Å². The predicted molar refractivity (Wildman–Crippen MR) is 93.1 cm³/mol. The molecule has 0 spiro atoms. The summed E-state index contributed by atoms with van der Waals surface area (Å²) < 4.78 is 0. The number of pyridine rings is 1. The van der Waals surface area contributed by atoms with Crippen molar-refractivity contribution in [2.24, 2.45) is 0 Å². The zero-order valence-corrected chi connectivity index (χ0v) is 13.8. The van der Waals surface area contributed by atoms with Gasteiger partial charge >= 0.3 is 6.03 Å². The molecule has 1 saturated heterocycles. The first kappa shape index (κ1) is 16.0. The maximum atomic E-state index is 12.5. The Morgan fingerprint density at radius 2 is 2.00 bits per heavy atom. The van der Waals surface area contributed by atoms with Crippen LogP contribution in [0, 0.1) is 6.92 Å². The molecule has 1 fully saturated rings. The number of rotatable bonds is 3. The lowest BCUT2D eigenvalue weighted by atomic mass is 10.2. The number of urea groups is 1. The highest BCUT2D eigenvalue weighted by Crippen LogP contribution is 2.21. The van der Waals surface area contributed by atoms with Gasteiger partial charge in [-0.25, -0.2) is 9.78 Å². The second kappa shape index (κ2) is 6.70. The zero-order valence-electron chi connectivity index (χ0n) is 13.8. The predicted octanol–water partition coefficient (Wildman–Crippen LogP) is 2.34. The van der Waals surface area contributed by atoms with E-state index in [1.807, 2.05) is 43.3 Å². The highest BCUT2D eigenvalue weighted by atomic mass is 16.2. The first-order chi connectivity index (χ1) is 11.6. The van der Waals surface area contributed by atoms with Gasteiger partial charge in [0.15, 0.2) is 0 Å². The molecule has 1 aromatic heterocycles. The van der Waals surface area contributed by atoms with E-state index in [9.17, 15) is 9.59 Å². The van der Waals surface area contributed by atoms with Crippen molar-refractivity contribution in [3.8, 4) is 0 Å². The Kier molecular flexibility index (Phi) is 4.46. The Morgan fingerprint density at radius 1 is 1.25 bits per heavy atom. The number of aromatic nitrogens is 1. The lowest BCUT2D eigenvalue weighted by Gasteiger charge is -2.20. The van der Waals surface area contributed by atoms with Gasteiger partial charge in [0, 0.05) is 25.5 Å². The lowest BCUT2D eigenvalue weighted by molar-refractivity contribution is -0.118. The van der Waals surface area contributed by atoms with Crippen molar-refractivity contribution in [2.45, 2.75) is 19.4 Å². The minimum atomic E-state index is -0.509. The number of nitrogens with one attached hydrogen (secondary N) is 1. The smallest absolute Gasteiger partial charge is 0.323 e. The van der Waals surface area contributed by atoms with Crippen LogP contribution >= 0.6 is 0 Å². The van der Waals surface area contributed by atoms with Gasteiger partial charge in [-0.1, -0.05) is 24.3 Å². The summed E-state index contributed by atoms with van der Waals surface area (Å²) in [6, 6.07) is 12.3. The number of hydrogen-bond donors (Lipinski definition) is 1. The molecule has 0 bridgehead atoms. The molecule has 2 aromatic rings. The minimum absolute atomic E-state index is 0.0835. The topological polar surface area (TPSA) is 65.5 Å². The lowest BCUT2D eigenvalue weighted by Crippen LogP contribution is -2.47. The number of amides is 3. The first-order valence-corrected chi connectivity index (χ1v) is 7.89. The number of anilines is 2. The fourth-order valence-electron chi connectivity index (χ4n) is 2.69. The molecule has 2 heterocycles. The molecule has 1 aliphatic rings. The van der Waals surface area contributed by atoms with Gasteiger partial charge in [0.1, 0.15) is 11.9 Å². The summed E-state index contributed by atoms with van der Waals surface area (Å²) in [4.78, 5) is 32.2. The molecular formula is C18H20N4O2. The first-order valence-electron chi connectivity index (χ1n) is 7.89. The fraction of sp³-hybridized carbons (Fsp3) is 0.278. The normalized spacial score (nSPS) is 17.0. The summed E-state index contributed by atoms with van der Waals surface area (Å²) in [6.07, 6.45) is 2.30. The average Bonchev–Trinajstić information content (AvgIpc) is 2.96. The van der Waals surface area contributed by atoms with Crippen LogP contribution < -0.4 is 15.1 Å². The molecule has 1 aliphatic heterocycles. The van der Waals surface area contributed by atoms with E-state index in [-0.39, 0.29) is 11.9 Å². The Balaban J connectivity index is 1.65. The Hall–Kier alpha value is -2.89. The monoisotopic (exact) mass is 324 g/mol.